The van der Waals surface area contributed by atoms with Crippen LogP contribution in [-0.2, 0) is 16.1 Å². The minimum absolute atomic E-state index is 0.101. The second-order valence-electron chi connectivity index (χ2n) is 9.82. The summed E-state index contributed by atoms with van der Waals surface area (Å²) in [5, 5.41) is 11.4. The highest BCUT2D eigenvalue weighted by molar-refractivity contribution is 6.01. The van der Waals surface area contributed by atoms with Gasteiger partial charge in [0, 0.05) is 18.3 Å². The third kappa shape index (κ3) is 5.32. The van der Waals surface area contributed by atoms with Gasteiger partial charge in [-0.2, -0.15) is 0 Å². The van der Waals surface area contributed by atoms with E-state index in [-0.39, 0.29) is 25.2 Å². The van der Waals surface area contributed by atoms with Crippen LogP contribution in [0.15, 0.2) is 66.7 Å². The Bertz CT molecular complexity index is 1450. The lowest BCUT2D eigenvalue weighted by Gasteiger charge is -2.32. The Morgan fingerprint density at radius 2 is 1.79 bits per heavy atom. The number of carbonyl (C=O) groups excluding carboxylic acids is 2. The van der Waals surface area contributed by atoms with E-state index in [1.54, 1.807) is 22.9 Å². The molecule has 1 aliphatic rings. The second kappa shape index (κ2) is 10.9. The molecule has 0 unspecified atom stereocenters. The zero-order chi connectivity index (χ0) is 26.6. The quantitative estimate of drug-likeness (QED) is 0.356. The largest absolute Gasteiger partial charge is 0.454 e. The number of nitrogens with one attached hydrogen (secondary N) is 1. The van der Waals surface area contributed by atoms with Gasteiger partial charge in [0.15, 0.2) is 11.5 Å². The van der Waals surface area contributed by atoms with Crippen molar-refractivity contribution in [1.82, 2.24) is 20.3 Å². The number of hydrogen-bond acceptors (Lipinski definition) is 6. The van der Waals surface area contributed by atoms with Crippen LogP contribution in [0, 0.1) is 12.8 Å². The van der Waals surface area contributed by atoms with E-state index in [2.05, 4.69) is 29.5 Å². The van der Waals surface area contributed by atoms with Crippen LogP contribution in [0.5, 0.6) is 11.5 Å². The van der Waals surface area contributed by atoms with Crippen molar-refractivity contribution in [2.45, 2.75) is 39.8 Å². The van der Waals surface area contributed by atoms with Crippen molar-refractivity contribution in [2.24, 2.45) is 5.92 Å². The molecule has 0 bridgehead atoms. The predicted molar refractivity (Wildman–Crippen MR) is 144 cm³/mol. The lowest BCUT2D eigenvalue weighted by molar-refractivity contribution is -0.127. The van der Waals surface area contributed by atoms with E-state index in [0.717, 1.165) is 17.5 Å². The molecule has 9 heteroatoms. The minimum Gasteiger partial charge on any atom is -0.454 e. The maximum absolute atomic E-state index is 14.1. The molecule has 196 valence electrons. The summed E-state index contributed by atoms with van der Waals surface area (Å²) < 4.78 is 12.6. The zero-order valence-electron chi connectivity index (χ0n) is 21.8. The van der Waals surface area contributed by atoms with Crippen LogP contribution in [0.1, 0.15) is 37.4 Å². The van der Waals surface area contributed by atoms with E-state index >= 15 is 0 Å². The van der Waals surface area contributed by atoms with Crippen LogP contribution in [0.2, 0.25) is 0 Å². The minimum atomic E-state index is -0.912. The van der Waals surface area contributed by atoms with Gasteiger partial charge in [-0.3, -0.25) is 14.5 Å². The fourth-order valence-electron chi connectivity index (χ4n) is 4.46. The van der Waals surface area contributed by atoms with Gasteiger partial charge in [-0.15, -0.1) is 5.10 Å². The van der Waals surface area contributed by atoms with Crippen LogP contribution in [-0.4, -0.2) is 40.1 Å². The molecule has 0 aliphatic carbocycles. The van der Waals surface area contributed by atoms with Crippen LogP contribution in [0.4, 0.5) is 5.69 Å². The Kier molecular flexibility index (Phi) is 7.26. The van der Waals surface area contributed by atoms with Gasteiger partial charge in [0.05, 0.1) is 5.52 Å². The van der Waals surface area contributed by atoms with Crippen molar-refractivity contribution in [3.05, 3.63) is 77.9 Å². The van der Waals surface area contributed by atoms with Gasteiger partial charge in [-0.25, -0.2) is 4.68 Å². The van der Waals surface area contributed by atoms with Crippen LogP contribution in [0.3, 0.4) is 0 Å². The number of benzene rings is 3. The maximum atomic E-state index is 14.1. The third-order valence-corrected chi connectivity index (χ3v) is 6.53. The summed E-state index contributed by atoms with van der Waals surface area (Å²) in [4.78, 5) is 29.4. The van der Waals surface area contributed by atoms with Crippen molar-refractivity contribution < 1.29 is 19.1 Å². The van der Waals surface area contributed by atoms with Crippen molar-refractivity contribution in [3.63, 3.8) is 0 Å². The molecule has 1 N–H and O–H groups in total. The van der Waals surface area contributed by atoms with Gasteiger partial charge in [0.1, 0.15) is 18.1 Å². The number of hydrogen-bond donors (Lipinski definition) is 1. The zero-order valence-corrected chi connectivity index (χ0v) is 21.8. The van der Waals surface area contributed by atoms with Gasteiger partial charge < -0.3 is 14.8 Å². The summed E-state index contributed by atoms with van der Waals surface area (Å²) in [5.74, 6) is 0.972. The van der Waals surface area contributed by atoms with E-state index in [4.69, 9.17) is 9.47 Å². The summed E-state index contributed by atoms with van der Waals surface area (Å²) >= 11 is 0. The molecule has 1 atom stereocenters. The molecule has 9 nitrogen and oxygen atoms in total. The first-order valence-electron chi connectivity index (χ1n) is 12.7. The third-order valence-electron chi connectivity index (χ3n) is 6.53. The summed E-state index contributed by atoms with van der Waals surface area (Å²) in [6.07, 6.45) is 0.829. The van der Waals surface area contributed by atoms with Gasteiger partial charge in [-0.1, -0.05) is 61.0 Å². The Morgan fingerprint density at radius 3 is 2.58 bits per heavy atom. The molecular formula is C29H31N5O4. The highest BCUT2D eigenvalue weighted by Gasteiger charge is 2.34. The number of aryl methyl sites for hydroxylation is 1. The summed E-state index contributed by atoms with van der Waals surface area (Å²) in [7, 11) is 0. The molecule has 0 fully saturated rings. The molecule has 1 aromatic heterocycles. The number of rotatable bonds is 9. The number of anilines is 1. The average molecular weight is 514 g/mol. The number of carbonyl (C=O) groups is 2. The Labute approximate surface area is 221 Å². The highest BCUT2D eigenvalue weighted by Crippen LogP contribution is 2.38. The molecule has 5 rings (SSSR count). The number of aromatic nitrogens is 3. The van der Waals surface area contributed by atoms with Crippen molar-refractivity contribution in [2.75, 3.05) is 18.2 Å². The Morgan fingerprint density at radius 1 is 1.03 bits per heavy atom. The van der Waals surface area contributed by atoms with Gasteiger partial charge >= 0.3 is 0 Å². The van der Waals surface area contributed by atoms with Gasteiger partial charge in [0.25, 0.3) is 0 Å². The first kappa shape index (κ1) is 25.3. The molecule has 2 amide bonds. The van der Waals surface area contributed by atoms with Crippen molar-refractivity contribution >= 4 is 28.5 Å². The predicted octanol–water partition coefficient (Wildman–Crippen LogP) is 4.41. The highest BCUT2D eigenvalue weighted by atomic mass is 16.7. The van der Waals surface area contributed by atoms with E-state index in [9.17, 15) is 9.59 Å². The molecule has 3 aromatic carbocycles. The normalized spacial score (nSPS) is 13.1. The molecule has 4 aromatic rings. The topological polar surface area (TPSA) is 98.6 Å². The number of ether oxygens (including phenoxy) is 2. The molecule has 2 heterocycles. The first-order chi connectivity index (χ1) is 18.4. The van der Waals surface area contributed by atoms with Crippen molar-refractivity contribution in [1.29, 1.82) is 0 Å². The van der Waals surface area contributed by atoms with Gasteiger partial charge in [-0.05, 0) is 49.1 Å². The average Bonchev–Trinajstić information content (AvgIpc) is 3.54. The van der Waals surface area contributed by atoms with E-state index in [1.807, 2.05) is 55.5 Å². The van der Waals surface area contributed by atoms with E-state index < -0.39 is 6.04 Å². The van der Waals surface area contributed by atoms with E-state index in [0.29, 0.717) is 40.7 Å². The van der Waals surface area contributed by atoms with E-state index in [1.165, 1.54) is 4.90 Å². The fourth-order valence-corrected chi connectivity index (χ4v) is 4.46. The number of nitrogens with zero attached hydrogens (tertiary/aromatic N) is 4. The standard InChI is InChI=1S/C29H31N5O4/c1-19(2)14-15-30-29(36)28(21-10-8-20(3)9-11-21)34(22-12-13-25-26(16-22)38-18-37-25)27(35)17-33-24-7-5-4-6-23(24)31-32-33/h4-13,16,19,28H,14-15,17-18H2,1-3H3,(H,30,36)/t28-/m0/s1. The smallest absolute Gasteiger partial charge is 0.249 e. The summed E-state index contributed by atoms with van der Waals surface area (Å²) in [6.45, 7) is 6.71. The van der Waals surface area contributed by atoms with Gasteiger partial charge in [0.2, 0.25) is 18.6 Å². The fraction of sp³-hybridized carbons (Fsp3) is 0.310. The molecule has 0 saturated heterocycles. The van der Waals surface area contributed by atoms with Crippen LogP contribution in [0.25, 0.3) is 11.0 Å². The SMILES string of the molecule is Cc1ccc([C@@H](C(=O)NCCC(C)C)N(C(=O)Cn2nnc3ccccc32)c2ccc3c(c2)OCO3)cc1. The lowest BCUT2D eigenvalue weighted by Crippen LogP contribution is -2.45. The monoisotopic (exact) mass is 513 g/mol. The first-order valence-corrected chi connectivity index (χ1v) is 12.7. The number of para-hydroxylation sites is 1. The molecular weight excluding hydrogens is 482 g/mol. The Balaban J connectivity index is 1.57. The second-order valence-corrected chi connectivity index (χ2v) is 9.82. The molecule has 1 aliphatic heterocycles. The lowest BCUT2D eigenvalue weighted by atomic mass is 10.0. The number of amides is 2. The molecule has 0 radical (unpaired) electrons. The van der Waals surface area contributed by atoms with Crippen LogP contribution < -0.4 is 19.7 Å². The summed E-state index contributed by atoms with van der Waals surface area (Å²) in [5.41, 5.74) is 3.71. The molecule has 0 saturated carbocycles. The van der Waals surface area contributed by atoms with Crippen molar-refractivity contribution in [3.8, 4) is 11.5 Å². The molecule has 38 heavy (non-hydrogen) atoms. The molecule has 0 spiro atoms. The summed E-state index contributed by atoms with van der Waals surface area (Å²) in [6, 6.07) is 19.5. The number of fused-ring (bicyclic) bond motifs is 2. The van der Waals surface area contributed by atoms with Crippen LogP contribution >= 0.6 is 0 Å². The maximum Gasteiger partial charge on any atom is 0.249 e. The Hall–Kier alpha value is -4.40.